The summed E-state index contributed by atoms with van der Waals surface area (Å²) in [6.07, 6.45) is 4.89. The Balaban J connectivity index is 1.74. The molecule has 2 aliphatic rings. The Morgan fingerprint density at radius 1 is 1.43 bits per heavy atom. The molecule has 1 aromatic rings. The molecule has 0 aromatic carbocycles. The van der Waals surface area contributed by atoms with E-state index in [1.165, 1.54) is 0 Å². The number of rotatable bonds is 4. The highest BCUT2D eigenvalue weighted by Gasteiger charge is 2.36. The second kappa shape index (κ2) is 6.19. The number of nitrogens with zero attached hydrogens (tertiary/aromatic N) is 4. The van der Waals surface area contributed by atoms with E-state index in [0.29, 0.717) is 18.1 Å². The van der Waals surface area contributed by atoms with E-state index in [1.807, 2.05) is 0 Å². The van der Waals surface area contributed by atoms with Gasteiger partial charge in [-0.1, -0.05) is 0 Å². The van der Waals surface area contributed by atoms with Crippen molar-refractivity contribution in [2.24, 2.45) is 0 Å². The summed E-state index contributed by atoms with van der Waals surface area (Å²) in [6, 6.07) is -0.694. The molecule has 1 aromatic heterocycles. The molecule has 4 amide bonds. The van der Waals surface area contributed by atoms with Crippen LogP contribution >= 0.6 is 0 Å². The van der Waals surface area contributed by atoms with Crippen LogP contribution in [-0.4, -0.2) is 64.3 Å². The number of carbonyl (C=O) groups excluding carboxylic acids is 3. The maximum atomic E-state index is 12.5. The van der Waals surface area contributed by atoms with Crippen LogP contribution in [0.3, 0.4) is 0 Å². The van der Waals surface area contributed by atoms with E-state index in [9.17, 15) is 14.4 Å². The minimum absolute atomic E-state index is 0.0504. The van der Waals surface area contributed by atoms with Crippen molar-refractivity contribution in [2.45, 2.75) is 18.9 Å². The third kappa shape index (κ3) is 2.94. The predicted octanol–water partition coefficient (Wildman–Crippen LogP) is -0.266. The Labute approximate surface area is 133 Å². The van der Waals surface area contributed by atoms with Crippen molar-refractivity contribution in [1.29, 1.82) is 0 Å². The first-order valence-electron chi connectivity index (χ1n) is 7.47. The third-order valence-corrected chi connectivity index (χ3v) is 4.05. The van der Waals surface area contributed by atoms with E-state index in [1.54, 1.807) is 24.3 Å². The highest BCUT2D eigenvalue weighted by molar-refractivity contribution is 6.04. The zero-order chi connectivity index (χ0) is 16.4. The fourth-order valence-corrected chi connectivity index (χ4v) is 2.88. The summed E-state index contributed by atoms with van der Waals surface area (Å²) >= 11 is 0. The number of urea groups is 1. The minimum atomic E-state index is -0.518. The number of hydrogen-bond acceptors (Lipinski definition) is 6. The first-order valence-corrected chi connectivity index (χ1v) is 7.47. The van der Waals surface area contributed by atoms with Crippen LogP contribution in [0.1, 0.15) is 24.6 Å². The van der Waals surface area contributed by atoms with Gasteiger partial charge < -0.3 is 15.5 Å². The molecule has 9 nitrogen and oxygen atoms in total. The van der Waals surface area contributed by atoms with Crippen LogP contribution in [0.2, 0.25) is 0 Å². The molecule has 0 spiro atoms. The minimum Gasteiger partial charge on any atom is -0.372 e. The lowest BCUT2D eigenvalue weighted by Crippen LogP contribution is -2.43. The highest BCUT2D eigenvalue weighted by atomic mass is 16.2. The standard InChI is InChI=1S/C14H18N6O3/c1-15-11-6-16-5-9(18-11)10-3-2-4-19(10)13(22)8-20-12(21)7-17-14(20)23/h5-6,10H,2-4,7-8H2,1H3,(H,15,18)(H,17,23)/t10-/m0/s1. The Hall–Kier alpha value is -2.71. The summed E-state index contributed by atoms with van der Waals surface area (Å²) in [5, 5.41) is 5.33. The molecule has 2 N–H and O–H groups in total. The van der Waals surface area contributed by atoms with E-state index in [2.05, 4.69) is 20.6 Å². The molecule has 0 aliphatic carbocycles. The van der Waals surface area contributed by atoms with E-state index >= 15 is 0 Å². The van der Waals surface area contributed by atoms with E-state index in [0.717, 1.165) is 17.7 Å². The second-order valence-electron chi connectivity index (χ2n) is 5.46. The summed E-state index contributed by atoms with van der Waals surface area (Å²) < 4.78 is 0. The van der Waals surface area contributed by atoms with Gasteiger partial charge in [0.25, 0.3) is 5.91 Å². The summed E-state index contributed by atoms with van der Waals surface area (Å²) in [5.41, 5.74) is 0.708. The van der Waals surface area contributed by atoms with Gasteiger partial charge >= 0.3 is 6.03 Å². The first kappa shape index (κ1) is 15.2. The second-order valence-corrected chi connectivity index (χ2v) is 5.46. The average Bonchev–Trinajstić information content (AvgIpc) is 3.17. The van der Waals surface area contributed by atoms with Gasteiger partial charge in [-0.2, -0.15) is 0 Å². The Morgan fingerprint density at radius 2 is 2.26 bits per heavy atom. The molecule has 122 valence electrons. The van der Waals surface area contributed by atoms with Gasteiger partial charge in [-0.05, 0) is 12.8 Å². The number of nitrogens with one attached hydrogen (secondary N) is 2. The maximum Gasteiger partial charge on any atom is 0.325 e. The van der Waals surface area contributed by atoms with Gasteiger partial charge in [0.05, 0.1) is 30.7 Å². The van der Waals surface area contributed by atoms with Crippen LogP contribution in [0.4, 0.5) is 10.6 Å². The lowest BCUT2D eigenvalue weighted by molar-refractivity contribution is -0.137. The third-order valence-electron chi connectivity index (χ3n) is 4.05. The van der Waals surface area contributed by atoms with Gasteiger partial charge in [0.15, 0.2) is 0 Å². The van der Waals surface area contributed by atoms with E-state index in [-0.39, 0.29) is 30.9 Å². The van der Waals surface area contributed by atoms with Crippen molar-refractivity contribution < 1.29 is 14.4 Å². The molecule has 0 saturated carbocycles. The molecule has 1 atom stereocenters. The largest absolute Gasteiger partial charge is 0.372 e. The van der Waals surface area contributed by atoms with Crippen molar-refractivity contribution in [2.75, 3.05) is 32.0 Å². The monoisotopic (exact) mass is 318 g/mol. The molecule has 0 radical (unpaired) electrons. The number of likely N-dealkylation sites (tertiary alicyclic amines) is 1. The van der Waals surface area contributed by atoms with Crippen molar-refractivity contribution in [3.63, 3.8) is 0 Å². The number of amides is 4. The van der Waals surface area contributed by atoms with Gasteiger partial charge in [-0.15, -0.1) is 0 Å². The first-order chi connectivity index (χ1) is 11.1. The van der Waals surface area contributed by atoms with Crippen molar-refractivity contribution in [1.82, 2.24) is 25.1 Å². The number of hydrogen-bond donors (Lipinski definition) is 2. The SMILES string of the molecule is CNc1cncc([C@@H]2CCCN2C(=O)CN2C(=O)CNC2=O)n1. The van der Waals surface area contributed by atoms with Crippen molar-refractivity contribution >= 4 is 23.7 Å². The molecule has 2 fully saturated rings. The lowest BCUT2D eigenvalue weighted by Gasteiger charge is -2.25. The zero-order valence-electron chi connectivity index (χ0n) is 12.8. The molecular weight excluding hydrogens is 300 g/mol. The summed E-state index contributed by atoms with van der Waals surface area (Å²) in [5.74, 6) is 0.00141. The molecule has 3 heterocycles. The van der Waals surface area contributed by atoms with Gasteiger partial charge in [0.1, 0.15) is 12.4 Å². The molecule has 23 heavy (non-hydrogen) atoms. The molecule has 9 heteroatoms. The Bertz CT molecular complexity index is 633. The maximum absolute atomic E-state index is 12.5. The fourth-order valence-electron chi connectivity index (χ4n) is 2.88. The predicted molar refractivity (Wildman–Crippen MR) is 80.4 cm³/mol. The quantitative estimate of drug-likeness (QED) is 0.740. The molecule has 0 unspecified atom stereocenters. The topological polar surface area (TPSA) is 108 Å². The molecule has 2 saturated heterocycles. The molecule has 0 bridgehead atoms. The zero-order valence-corrected chi connectivity index (χ0v) is 12.8. The van der Waals surface area contributed by atoms with Crippen LogP contribution in [0.25, 0.3) is 0 Å². The average molecular weight is 318 g/mol. The number of anilines is 1. The van der Waals surface area contributed by atoms with Crippen molar-refractivity contribution in [3.05, 3.63) is 18.1 Å². The number of imide groups is 1. The molecule has 3 rings (SSSR count). The van der Waals surface area contributed by atoms with Crippen LogP contribution in [-0.2, 0) is 9.59 Å². The molecular formula is C14H18N6O3. The van der Waals surface area contributed by atoms with Crippen LogP contribution in [0.15, 0.2) is 12.4 Å². The fraction of sp³-hybridized carbons (Fsp3) is 0.500. The smallest absolute Gasteiger partial charge is 0.325 e. The van der Waals surface area contributed by atoms with Crippen LogP contribution in [0.5, 0.6) is 0 Å². The Morgan fingerprint density at radius 3 is 2.96 bits per heavy atom. The summed E-state index contributed by atoms with van der Waals surface area (Å²) in [7, 11) is 1.75. The highest BCUT2D eigenvalue weighted by Crippen LogP contribution is 2.31. The van der Waals surface area contributed by atoms with Crippen LogP contribution in [0, 0.1) is 0 Å². The Kier molecular flexibility index (Phi) is 4.09. The van der Waals surface area contributed by atoms with Crippen LogP contribution < -0.4 is 10.6 Å². The van der Waals surface area contributed by atoms with E-state index in [4.69, 9.17) is 0 Å². The van der Waals surface area contributed by atoms with Gasteiger partial charge in [0.2, 0.25) is 5.91 Å². The van der Waals surface area contributed by atoms with Gasteiger partial charge in [-0.25, -0.2) is 9.78 Å². The number of aromatic nitrogens is 2. The lowest BCUT2D eigenvalue weighted by atomic mass is 10.1. The summed E-state index contributed by atoms with van der Waals surface area (Å²) in [6.45, 7) is 0.296. The van der Waals surface area contributed by atoms with Gasteiger partial charge in [-0.3, -0.25) is 19.5 Å². The van der Waals surface area contributed by atoms with Gasteiger partial charge in [0, 0.05) is 13.6 Å². The summed E-state index contributed by atoms with van der Waals surface area (Å²) in [4.78, 5) is 46.9. The molecule has 2 aliphatic heterocycles. The van der Waals surface area contributed by atoms with Crippen molar-refractivity contribution in [3.8, 4) is 0 Å². The normalized spacial score (nSPS) is 20.8. The number of carbonyl (C=O) groups is 3. The van der Waals surface area contributed by atoms with E-state index < -0.39 is 6.03 Å².